The lowest BCUT2D eigenvalue weighted by Crippen LogP contribution is -2.23. The summed E-state index contributed by atoms with van der Waals surface area (Å²) in [5.74, 6) is 0.980. The number of rotatable bonds is 11. The molecule has 1 aromatic heterocycles. The Bertz CT molecular complexity index is 1380. The Morgan fingerprint density at radius 2 is 2.00 bits per heavy atom. The van der Waals surface area contributed by atoms with Gasteiger partial charge in [0.05, 0.1) is 30.3 Å². The van der Waals surface area contributed by atoms with E-state index in [0.717, 1.165) is 16.5 Å². The highest BCUT2D eigenvalue weighted by molar-refractivity contribution is 9.10. The highest BCUT2D eigenvalue weighted by Crippen LogP contribution is 2.33. The van der Waals surface area contributed by atoms with Gasteiger partial charge in [0.1, 0.15) is 5.82 Å². The van der Waals surface area contributed by atoms with Crippen LogP contribution < -0.4 is 15.0 Å². The number of allylic oxidation sites excluding steroid dienone is 1. The van der Waals surface area contributed by atoms with E-state index in [9.17, 15) is 9.59 Å². The highest BCUT2D eigenvalue weighted by atomic mass is 79.9. The van der Waals surface area contributed by atoms with Crippen LogP contribution in [-0.4, -0.2) is 41.7 Å². The van der Waals surface area contributed by atoms with Gasteiger partial charge in [-0.15, -0.1) is 6.58 Å². The fourth-order valence-electron chi connectivity index (χ4n) is 3.71. The fourth-order valence-corrected chi connectivity index (χ4v) is 4.07. The second-order valence-corrected chi connectivity index (χ2v) is 9.75. The maximum Gasteiger partial charge on any atom is 0.344 e. The van der Waals surface area contributed by atoms with E-state index in [-0.39, 0.29) is 24.2 Å². The summed E-state index contributed by atoms with van der Waals surface area (Å²) in [6.07, 6.45) is 4.35. The van der Waals surface area contributed by atoms with Crippen molar-refractivity contribution in [1.82, 2.24) is 9.66 Å². The van der Waals surface area contributed by atoms with Crippen LogP contribution in [0.4, 0.5) is 0 Å². The van der Waals surface area contributed by atoms with Gasteiger partial charge >= 0.3 is 5.97 Å². The molecule has 0 unspecified atom stereocenters. The van der Waals surface area contributed by atoms with Crippen LogP contribution in [-0.2, 0) is 16.0 Å². The maximum atomic E-state index is 13.4. The van der Waals surface area contributed by atoms with Gasteiger partial charge in [-0.2, -0.15) is 9.78 Å². The average molecular weight is 570 g/mol. The molecule has 2 aromatic carbocycles. The number of benzene rings is 2. The predicted octanol–water partition coefficient (Wildman–Crippen LogP) is 5.62. The molecule has 0 amide bonds. The number of aromatic nitrogens is 2. The Morgan fingerprint density at radius 1 is 1.24 bits per heavy atom. The number of halogens is 1. The molecule has 9 heteroatoms. The molecular formula is C28H32BrN3O5. The zero-order chi connectivity index (χ0) is 27.1. The first kappa shape index (κ1) is 28.1. The third-order valence-corrected chi connectivity index (χ3v) is 6.14. The monoisotopic (exact) mass is 569 g/mol. The van der Waals surface area contributed by atoms with E-state index in [1.165, 1.54) is 11.8 Å². The summed E-state index contributed by atoms with van der Waals surface area (Å²) in [5.41, 5.74) is 1.81. The number of hydrogen-bond donors (Lipinski definition) is 0. The molecule has 0 aliphatic carbocycles. The minimum atomic E-state index is -0.473. The first-order chi connectivity index (χ1) is 17.7. The summed E-state index contributed by atoms with van der Waals surface area (Å²) in [4.78, 5) is 30.2. The van der Waals surface area contributed by atoms with Crippen molar-refractivity contribution < 1.29 is 19.0 Å². The molecule has 0 saturated heterocycles. The van der Waals surface area contributed by atoms with E-state index in [1.54, 1.807) is 38.3 Å². The van der Waals surface area contributed by atoms with Crippen LogP contribution in [0, 0.1) is 0 Å². The van der Waals surface area contributed by atoms with Gasteiger partial charge in [0.2, 0.25) is 0 Å². The number of methoxy groups -OCH3 is 1. The molecule has 0 radical (unpaired) electrons. The van der Waals surface area contributed by atoms with E-state index in [0.29, 0.717) is 40.2 Å². The summed E-state index contributed by atoms with van der Waals surface area (Å²) in [5, 5.41) is 5.02. The van der Waals surface area contributed by atoms with E-state index in [4.69, 9.17) is 19.2 Å². The highest BCUT2D eigenvalue weighted by Gasteiger charge is 2.17. The Hall–Kier alpha value is -3.46. The van der Waals surface area contributed by atoms with Crippen molar-refractivity contribution in [2.75, 3.05) is 13.7 Å². The summed E-state index contributed by atoms with van der Waals surface area (Å²) in [6.45, 7) is 11.2. The lowest BCUT2D eigenvalue weighted by atomic mass is 10.1. The molecule has 0 spiro atoms. The van der Waals surface area contributed by atoms with E-state index in [2.05, 4.69) is 27.6 Å². The van der Waals surface area contributed by atoms with Crippen LogP contribution in [0.2, 0.25) is 0 Å². The molecule has 0 aliphatic heterocycles. The normalized spacial score (nSPS) is 12.2. The van der Waals surface area contributed by atoms with E-state index >= 15 is 0 Å². The van der Waals surface area contributed by atoms with Gasteiger partial charge in [-0.25, -0.2) is 9.78 Å². The molecule has 37 heavy (non-hydrogen) atoms. The largest absolute Gasteiger partial charge is 0.493 e. The van der Waals surface area contributed by atoms with Gasteiger partial charge in [-0.1, -0.05) is 35.9 Å². The molecule has 1 heterocycles. The molecule has 3 aromatic rings. The minimum absolute atomic E-state index is 0.0186. The first-order valence-corrected chi connectivity index (χ1v) is 12.9. The lowest BCUT2D eigenvalue weighted by Gasteiger charge is -2.16. The first-order valence-electron chi connectivity index (χ1n) is 12.1. The van der Waals surface area contributed by atoms with Crippen LogP contribution in [0.15, 0.2) is 57.4 Å². The van der Waals surface area contributed by atoms with Crippen LogP contribution >= 0.6 is 15.9 Å². The molecule has 0 fully saturated rings. The van der Waals surface area contributed by atoms with Crippen molar-refractivity contribution in [3.05, 3.63) is 74.8 Å². The minimum Gasteiger partial charge on any atom is -0.493 e. The Labute approximate surface area is 225 Å². The second kappa shape index (κ2) is 12.7. The Morgan fingerprint density at radius 3 is 2.65 bits per heavy atom. The Kier molecular flexibility index (Phi) is 9.63. The van der Waals surface area contributed by atoms with Gasteiger partial charge in [0.15, 0.2) is 18.1 Å². The number of fused-ring (bicyclic) bond motifs is 1. The van der Waals surface area contributed by atoms with Crippen molar-refractivity contribution in [3.63, 3.8) is 0 Å². The molecule has 0 bridgehead atoms. The van der Waals surface area contributed by atoms with Crippen molar-refractivity contribution in [2.24, 2.45) is 5.10 Å². The van der Waals surface area contributed by atoms with Crippen molar-refractivity contribution in [1.29, 1.82) is 0 Å². The van der Waals surface area contributed by atoms with Crippen LogP contribution in [0.1, 0.15) is 57.0 Å². The Balaban J connectivity index is 2.06. The molecule has 8 nitrogen and oxygen atoms in total. The van der Waals surface area contributed by atoms with Crippen molar-refractivity contribution >= 4 is 39.0 Å². The van der Waals surface area contributed by atoms with Gasteiger partial charge in [0, 0.05) is 16.0 Å². The van der Waals surface area contributed by atoms with Crippen molar-refractivity contribution in [3.8, 4) is 11.5 Å². The van der Waals surface area contributed by atoms with Crippen molar-refractivity contribution in [2.45, 2.75) is 52.6 Å². The molecular weight excluding hydrogens is 538 g/mol. The topological polar surface area (TPSA) is 92.0 Å². The molecule has 0 aliphatic rings. The molecule has 0 N–H and O–H groups in total. The number of esters is 1. The van der Waals surface area contributed by atoms with E-state index in [1.807, 2.05) is 32.0 Å². The number of hydrogen-bond acceptors (Lipinski definition) is 7. The fraction of sp³-hybridized carbons (Fsp3) is 0.357. The zero-order valence-electron chi connectivity index (χ0n) is 21.8. The molecule has 0 saturated carbocycles. The third-order valence-electron chi connectivity index (χ3n) is 5.65. The van der Waals surface area contributed by atoms with Crippen LogP contribution in [0.25, 0.3) is 10.9 Å². The summed E-state index contributed by atoms with van der Waals surface area (Å²) in [6, 6.07) is 9.03. The number of ether oxygens (including phenoxy) is 3. The summed E-state index contributed by atoms with van der Waals surface area (Å²) in [7, 11) is 1.52. The van der Waals surface area contributed by atoms with Crippen LogP contribution in [0.5, 0.6) is 11.5 Å². The molecule has 3 rings (SSSR count). The smallest absolute Gasteiger partial charge is 0.344 e. The maximum absolute atomic E-state index is 13.4. The lowest BCUT2D eigenvalue weighted by molar-refractivity contribution is -0.149. The standard InChI is InChI=1S/C28H32BrN3O5/c1-7-9-20-12-19(13-24(35-6)26(20)36-16-25(33)37-17(3)4)15-30-32-27(18(5)8-2)31-23-11-10-21(29)14-22(23)28(32)34/h7,10-15,17-18H,1,8-9,16H2,2-6H3/t18-/m1/s1. The molecule has 196 valence electrons. The second-order valence-electron chi connectivity index (χ2n) is 8.83. The van der Waals surface area contributed by atoms with Gasteiger partial charge in [-0.05, 0) is 62.6 Å². The number of carbonyl (C=O) groups is 1. The summed E-state index contributed by atoms with van der Waals surface area (Å²) < 4.78 is 18.6. The van der Waals surface area contributed by atoms with Gasteiger partial charge in [0.25, 0.3) is 5.56 Å². The van der Waals surface area contributed by atoms with Gasteiger partial charge in [-0.3, -0.25) is 4.79 Å². The van der Waals surface area contributed by atoms with Gasteiger partial charge < -0.3 is 14.2 Å². The summed E-state index contributed by atoms with van der Waals surface area (Å²) >= 11 is 3.43. The average Bonchev–Trinajstić information content (AvgIpc) is 2.86. The zero-order valence-corrected chi connectivity index (χ0v) is 23.4. The predicted molar refractivity (Wildman–Crippen MR) is 149 cm³/mol. The third kappa shape index (κ3) is 6.85. The molecule has 1 atom stereocenters. The van der Waals surface area contributed by atoms with E-state index < -0.39 is 5.97 Å². The quantitative estimate of drug-likeness (QED) is 0.169. The van der Waals surface area contributed by atoms with Crippen LogP contribution in [0.3, 0.4) is 0 Å². The SMILES string of the molecule is C=CCc1cc(C=Nn2c([C@H](C)CC)nc3ccc(Br)cc3c2=O)cc(OC)c1OCC(=O)OC(C)C. The number of nitrogens with zero attached hydrogens (tertiary/aromatic N) is 3. The number of carbonyl (C=O) groups excluding carboxylic acids is 1.